The number of halogens is 2. The van der Waals surface area contributed by atoms with Crippen LogP contribution >= 0.6 is 23.2 Å². The molecule has 0 spiro atoms. The SMILES string of the molecule is O=C(Nc1cc(Cl)ccc1Cl)Nc1nccnc1C(=O)O. The predicted molar refractivity (Wildman–Crippen MR) is 78.1 cm³/mol. The third kappa shape index (κ3) is 3.80. The van der Waals surface area contributed by atoms with Crippen LogP contribution in [0, 0.1) is 0 Å². The van der Waals surface area contributed by atoms with E-state index in [1.54, 1.807) is 6.07 Å². The summed E-state index contributed by atoms with van der Waals surface area (Å²) in [6.45, 7) is 0. The van der Waals surface area contributed by atoms with Crippen molar-refractivity contribution in [3.05, 3.63) is 46.3 Å². The van der Waals surface area contributed by atoms with Gasteiger partial charge in [0.25, 0.3) is 0 Å². The number of hydrogen-bond acceptors (Lipinski definition) is 4. The smallest absolute Gasteiger partial charge is 0.358 e. The molecule has 0 bridgehead atoms. The van der Waals surface area contributed by atoms with E-state index in [0.29, 0.717) is 5.02 Å². The Kier molecular flexibility index (Phi) is 4.56. The van der Waals surface area contributed by atoms with Gasteiger partial charge in [0.2, 0.25) is 0 Å². The van der Waals surface area contributed by atoms with Crippen molar-refractivity contribution in [2.45, 2.75) is 0 Å². The van der Waals surface area contributed by atoms with Crippen LogP contribution in [0.2, 0.25) is 10.0 Å². The van der Waals surface area contributed by atoms with Crippen molar-refractivity contribution in [1.82, 2.24) is 9.97 Å². The predicted octanol–water partition coefficient (Wildman–Crippen LogP) is 3.13. The van der Waals surface area contributed by atoms with Crippen LogP contribution in [-0.2, 0) is 0 Å². The lowest BCUT2D eigenvalue weighted by Crippen LogP contribution is -2.22. The van der Waals surface area contributed by atoms with Crippen molar-refractivity contribution in [2.24, 2.45) is 0 Å². The van der Waals surface area contributed by atoms with Gasteiger partial charge in [-0.3, -0.25) is 5.32 Å². The molecule has 21 heavy (non-hydrogen) atoms. The molecule has 2 aromatic rings. The number of amides is 2. The molecular weight excluding hydrogens is 319 g/mol. The van der Waals surface area contributed by atoms with Crippen LogP contribution in [0.1, 0.15) is 10.5 Å². The van der Waals surface area contributed by atoms with Gasteiger partial charge < -0.3 is 10.4 Å². The van der Waals surface area contributed by atoms with Crippen molar-refractivity contribution in [3.8, 4) is 0 Å². The van der Waals surface area contributed by atoms with E-state index in [9.17, 15) is 9.59 Å². The average molecular weight is 327 g/mol. The molecule has 0 aliphatic rings. The summed E-state index contributed by atoms with van der Waals surface area (Å²) in [7, 11) is 0. The van der Waals surface area contributed by atoms with Crippen LogP contribution < -0.4 is 10.6 Å². The maximum absolute atomic E-state index is 11.8. The maximum Gasteiger partial charge on any atom is 0.358 e. The topological polar surface area (TPSA) is 104 Å². The van der Waals surface area contributed by atoms with E-state index in [0.717, 1.165) is 0 Å². The molecule has 1 aromatic heterocycles. The van der Waals surface area contributed by atoms with Crippen molar-refractivity contribution in [3.63, 3.8) is 0 Å². The van der Waals surface area contributed by atoms with Gasteiger partial charge in [-0.1, -0.05) is 23.2 Å². The van der Waals surface area contributed by atoms with E-state index in [1.165, 1.54) is 24.5 Å². The highest BCUT2D eigenvalue weighted by molar-refractivity contribution is 6.35. The Morgan fingerprint density at radius 2 is 1.81 bits per heavy atom. The summed E-state index contributed by atoms with van der Waals surface area (Å²) in [6.07, 6.45) is 2.47. The molecule has 0 saturated heterocycles. The lowest BCUT2D eigenvalue weighted by molar-refractivity contribution is 0.0691. The lowest BCUT2D eigenvalue weighted by atomic mass is 10.3. The quantitative estimate of drug-likeness (QED) is 0.803. The fourth-order valence-corrected chi connectivity index (χ4v) is 1.78. The first-order valence-electron chi connectivity index (χ1n) is 5.54. The van der Waals surface area contributed by atoms with Crippen LogP contribution in [0.4, 0.5) is 16.3 Å². The van der Waals surface area contributed by atoms with Gasteiger partial charge in [0, 0.05) is 17.4 Å². The van der Waals surface area contributed by atoms with E-state index in [4.69, 9.17) is 28.3 Å². The number of anilines is 2. The van der Waals surface area contributed by atoms with Gasteiger partial charge >= 0.3 is 12.0 Å². The molecule has 0 aliphatic carbocycles. The number of rotatable bonds is 3. The van der Waals surface area contributed by atoms with Crippen LogP contribution in [0.3, 0.4) is 0 Å². The van der Waals surface area contributed by atoms with Gasteiger partial charge in [0.15, 0.2) is 11.5 Å². The van der Waals surface area contributed by atoms with E-state index >= 15 is 0 Å². The number of benzene rings is 1. The van der Waals surface area contributed by atoms with Crippen LogP contribution in [-0.4, -0.2) is 27.1 Å². The van der Waals surface area contributed by atoms with Gasteiger partial charge in [-0.25, -0.2) is 19.6 Å². The Balaban J connectivity index is 2.16. The molecule has 1 aromatic carbocycles. The highest BCUT2D eigenvalue weighted by atomic mass is 35.5. The number of aromatic carboxylic acids is 1. The van der Waals surface area contributed by atoms with Crippen LogP contribution in [0.25, 0.3) is 0 Å². The van der Waals surface area contributed by atoms with Crippen molar-refractivity contribution < 1.29 is 14.7 Å². The van der Waals surface area contributed by atoms with E-state index in [1.807, 2.05) is 0 Å². The second-order valence-corrected chi connectivity index (χ2v) is 4.61. The zero-order chi connectivity index (χ0) is 15.4. The highest BCUT2D eigenvalue weighted by Gasteiger charge is 2.15. The number of carboxylic acids is 1. The molecule has 7 nitrogen and oxygen atoms in total. The fourth-order valence-electron chi connectivity index (χ4n) is 1.44. The first-order chi connectivity index (χ1) is 9.97. The van der Waals surface area contributed by atoms with E-state index < -0.39 is 12.0 Å². The highest BCUT2D eigenvalue weighted by Crippen LogP contribution is 2.25. The molecule has 2 rings (SSSR count). The molecule has 0 unspecified atom stereocenters. The number of carbonyl (C=O) groups excluding carboxylic acids is 1. The molecule has 0 fully saturated rings. The third-order valence-corrected chi connectivity index (χ3v) is 2.87. The molecule has 0 saturated carbocycles. The largest absolute Gasteiger partial charge is 0.476 e. The summed E-state index contributed by atoms with van der Waals surface area (Å²) in [5, 5.41) is 14.3. The van der Waals surface area contributed by atoms with Crippen LogP contribution in [0.15, 0.2) is 30.6 Å². The number of aromatic nitrogens is 2. The zero-order valence-electron chi connectivity index (χ0n) is 10.3. The lowest BCUT2D eigenvalue weighted by Gasteiger charge is -2.09. The summed E-state index contributed by atoms with van der Waals surface area (Å²) < 4.78 is 0. The minimum atomic E-state index is -1.31. The van der Waals surface area contributed by atoms with Gasteiger partial charge in [-0.05, 0) is 18.2 Å². The van der Waals surface area contributed by atoms with Crippen molar-refractivity contribution in [1.29, 1.82) is 0 Å². The zero-order valence-corrected chi connectivity index (χ0v) is 11.8. The summed E-state index contributed by atoms with van der Waals surface area (Å²) in [5.41, 5.74) is -0.0905. The first kappa shape index (κ1) is 15.0. The average Bonchev–Trinajstić information content (AvgIpc) is 2.43. The Labute approximate surface area is 128 Å². The fraction of sp³-hybridized carbons (Fsp3) is 0. The Hall–Kier alpha value is -2.38. The van der Waals surface area contributed by atoms with E-state index in [2.05, 4.69) is 20.6 Å². The summed E-state index contributed by atoms with van der Waals surface area (Å²) in [6, 6.07) is 3.82. The monoisotopic (exact) mass is 326 g/mol. The molecule has 3 N–H and O–H groups in total. The molecule has 2 amide bonds. The molecule has 1 heterocycles. The van der Waals surface area contributed by atoms with Gasteiger partial charge in [-0.15, -0.1) is 0 Å². The Morgan fingerprint density at radius 3 is 2.52 bits per heavy atom. The molecule has 0 radical (unpaired) electrons. The number of nitrogens with zero attached hydrogens (tertiary/aromatic N) is 2. The first-order valence-corrected chi connectivity index (χ1v) is 6.30. The number of carbonyl (C=O) groups is 2. The second kappa shape index (κ2) is 6.38. The number of carboxylic acid groups (broad SMARTS) is 1. The van der Waals surface area contributed by atoms with Crippen LogP contribution in [0.5, 0.6) is 0 Å². The molecular formula is C12H8Cl2N4O3. The molecule has 0 aliphatic heterocycles. The second-order valence-electron chi connectivity index (χ2n) is 3.76. The number of nitrogens with one attached hydrogen (secondary N) is 2. The third-order valence-electron chi connectivity index (χ3n) is 2.31. The standard InChI is InChI=1S/C12H8Cl2N4O3/c13-6-1-2-7(14)8(5-6)17-12(21)18-10-9(11(19)20)15-3-4-16-10/h1-5H,(H,19,20)(H2,16,17,18,21). The minimum absolute atomic E-state index is 0.180. The summed E-state index contributed by atoms with van der Waals surface area (Å²) in [4.78, 5) is 30.1. The normalized spacial score (nSPS) is 10.0. The van der Waals surface area contributed by atoms with Gasteiger partial charge in [0.1, 0.15) is 0 Å². The minimum Gasteiger partial charge on any atom is -0.476 e. The maximum atomic E-state index is 11.8. The summed E-state index contributed by atoms with van der Waals surface area (Å²) in [5.74, 6) is -1.49. The van der Waals surface area contributed by atoms with Crippen molar-refractivity contribution >= 4 is 46.7 Å². The molecule has 0 atom stereocenters. The van der Waals surface area contributed by atoms with E-state index in [-0.39, 0.29) is 22.2 Å². The number of hydrogen-bond donors (Lipinski definition) is 3. The Morgan fingerprint density at radius 1 is 1.10 bits per heavy atom. The number of urea groups is 1. The van der Waals surface area contributed by atoms with Crippen molar-refractivity contribution in [2.75, 3.05) is 10.6 Å². The molecule has 108 valence electrons. The summed E-state index contributed by atoms with van der Waals surface area (Å²) >= 11 is 11.7. The van der Waals surface area contributed by atoms with Gasteiger partial charge in [0.05, 0.1) is 10.7 Å². The van der Waals surface area contributed by atoms with Gasteiger partial charge in [-0.2, -0.15) is 0 Å². The Bertz CT molecular complexity index is 709. The molecule has 9 heteroatoms.